The Kier molecular flexibility index (Phi) is 11.2. The maximum absolute atomic E-state index is 12.6. The second-order valence-corrected chi connectivity index (χ2v) is 9.37. The molecule has 0 radical (unpaired) electrons. The standard InChI is InChI=1S/C30H38N2O5/c1-2-3-4-5-6-19-35-26-16-11-23(12-17-26)30(34)37-27-14-7-22(8-15-27)9-18-29(33)36-21-24-10-13-25(31)20-28(24)32/h2,7-10,13-15,18,20,23,26H,1,3-6,11-12,16-17,19,21,31-32H2/b18-9+. The third kappa shape index (κ3) is 9.77. The van der Waals surface area contributed by atoms with Gasteiger partial charge in [-0.2, -0.15) is 0 Å². The molecule has 1 saturated carbocycles. The number of nitrogens with two attached hydrogens (primary N) is 2. The molecule has 7 nitrogen and oxygen atoms in total. The normalized spacial score (nSPS) is 17.4. The first-order valence-corrected chi connectivity index (χ1v) is 13.0. The molecule has 0 unspecified atom stereocenters. The molecule has 0 aliphatic heterocycles. The van der Waals surface area contributed by atoms with Gasteiger partial charge in [0.15, 0.2) is 0 Å². The smallest absolute Gasteiger partial charge is 0.331 e. The van der Waals surface area contributed by atoms with Crippen molar-refractivity contribution >= 4 is 29.4 Å². The van der Waals surface area contributed by atoms with E-state index in [0.29, 0.717) is 22.7 Å². The zero-order valence-corrected chi connectivity index (χ0v) is 21.4. The number of hydrogen-bond donors (Lipinski definition) is 2. The number of esters is 2. The molecule has 0 bridgehead atoms. The molecule has 1 fully saturated rings. The molecule has 0 amide bonds. The van der Waals surface area contributed by atoms with Gasteiger partial charge in [0.25, 0.3) is 0 Å². The van der Waals surface area contributed by atoms with E-state index in [1.807, 2.05) is 6.08 Å². The van der Waals surface area contributed by atoms with Crippen molar-refractivity contribution in [2.75, 3.05) is 18.1 Å². The van der Waals surface area contributed by atoms with Gasteiger partial charge in [-0.1, -0.05) is 30.7 Å². The monoisotopic (exact) mass is 506 g/mol. The van der Waals surface area contributed by atoms with E-state index in [-0.39, 0.29) is 24.6 Å². The predicted octanol–water partition coefficient (Wildman–Crippen LogP) is 5.83. The van der Waals surface area contributed by atoms with Crippen molar-refractivity contribution in [1.29, 1.82) is 0 Å². The molecule has 37 heavy (non-hydrogen) atoms. The number of nitrogen functional groups attached to an aromatic ring is 2. The topological polar surface area (TPSA) is 114 Å². The molecule has 3 rings (SSSR count). The van der Waals surface area contributed by atoms with Crippen LogP contribution >= 0.6 is 0 Å². The van der Waals surface area contributed by atoms with Crippen LogP contribution in [0.2, 0.25) is 0 Å². The largest absolute Gasteiger partial charge is 0.458 e. The number of rotatable bonds is 13. The maximum atomic E-state index is 12.6. The molecule has 0 spiro atoms. The van der Waals surface area contributed by atoms with E-state index in [9.17, 15) is 9.59 Å². The van der Waals surface area contributed by atoms with Gasteiger partial charge < -0.3 is 25.7 Å². The lowest BCUT2D eigenvalue weighted by Gasteiger charge is -2.27. The molecule has 4 N–H and O–H groups in total. The Bertz CT molecular complexity index is 1060. The SMILES string of the molecule is C=CCCCCCOC1CCC(C(=O)Oc2ccc(/C=C/C(=O)OCc3ccc(N)cc3N)cc2)CC1. The fourth-order valence-electron chi connectivity index (χ4n) is 4.24. The van der Waals surface area contributed by atoms with Crippen LogP contribution in [0.4, 0.5) is 11.4 Å². The van der Waals surface area contributed by atoms with Crippen molar-refractivity contribution in [2.45, 2.75) is 64.1 Å². The molecule has 0 saturated heterocycles. The minimum absolute atomic E-state index is 0.0638. The zero-order valence-electron chi connectivity index (χ0n) is 21.4. The minimum atomic E-state index is -0.487. The lowest BCUT2D eigenvalue weighted by molar-refractivity contribution is -0.141. The van der Waals surface area contributed by atoms with Gasteiger partial charge in [-0.05, 0) is 80.9 Å². The van der Waals surface area contributed by atoms with Gasteiger partial charge in [-0.15, -0.1) is 6.58 Å². The van der Waals surface area contributed by atoms with Crippen LogP contribution in [0.25, 0.3) is 6.08 Å². The van der Waals surface area contributed by atoms with Gasteiger partial charge in [0.1, 0.15) is 12.4 Å². The summed E-state index contributed by atoms with van der Waals surface area (Å²) in [6.07, 6.45) is 13.0. The summed E-state index contributed by atoms with van der Waals surface area (Å²) in [4.78, 5) is 24.6. The van der Waals surface area contributed by atoms with E-state index >= 15 is 0 Å². The third-order valence-corrected chi connectivity index (χ3v) is 6.46. The second kappa shape index (κ2) is 14.9. The van der Waals surface area contributed by atoms with Crippen molar-refractivity contribution in [3.8, 4) is 5.75 Å². The number of anilines is 2. The number of allylic oxidation sites excluding steroid dienone is 1. The quantitative estimate of drug-likeness (QED) is 0.0876. The highest BCUT2D eigenvalue weighted by Crippen LogP contribution is 2.28. The van der Waals surface area contributed by atoms with Crippen molar-refractivity contribution in [3.63, 3.8) is 0 Å². The first-order chi connectivity index (χ1) is 17.9. The lowest BCUT2D eigenvalue weighted by atomic mass is 9.87. The molecule has 0 aromatic heterocycles. The summed E-state index contributed by atoms with van der Waals surface area (Å²) in [6, 6.07) is 12.1. The van der Waals surface area contributed by atoms with Gasteiger partial charge in [-0.25, -0.2) is 4.79 Å². The van der Waals surface area contributed by atoms with Crippen LogP contribution < -0.4 is 16.2 Å². The molecule has 1 aliphatic rings. The van der Waals surface area contributed by atoms with Crippen LogP contribution in [0, 0.1) is 5.92 Å². The number of carbonyl (C=O) groups is 2. The summed E-state index contributed by atoms with van der Waals surface area (Å²) in [5.41, 5.74) is 14.1. The summed E-state index contributed by atoms with van der Waals surface area (Å²) in [5, 5.41) is 0. The molecular weight excluding hydrogens is 468 g/mol. The van der Waals surface area contributed by atoms with Crippen LogP contribution in [-0.4, -0.2) is 24.6 Å². The van der Waals surface area contributed by atoms with Gasteiger partial charge in [-0.3, -0.25) is 4.79 Å². The first kappa shape index (κ1) is 28.0. The van der Waals surface area contributed by atoms with E-state index in [4.69, 9.17) is 25.7 Å². The summed E-state index contributed by atoms with van der Waals surface area (Å²) >= 11 is 0. The molecule has 0 heterocycles. The Morgan fingerprint density at radius 1 is 0.973 bits per heavy atom. The minimum Gasteiger partial charge on any atom is -0.458 e. The van der Waals surface area contributed by atoms with Gasteiger partial charge in [0.05, 0.1) is 12.0 Å². The highest BCUT2D eigenvalue weighted by molar-refractivity contribution is 5.87. The second-order valence-electron chi connectivity index (χ2n) is 9.37. The van der Waals surface area contributed by atoms with Crippen molar-refractivity contribution in [3.05, 3.63) is 72.3 Å². The Hall–Kier alpha value is -3.58. The summed E-state index contributed by atoms with van der Waals surface area (Å²) < 4.78 is 16.8. The van der Waals surface area contributed by atoms with Crippen molar-refractivity contribution < 1.29 is 23.8 Å². The number of benzene rings is 2. The Balaban J connectivity index is 1.36. The number of hydrogen-bond acceptors (Lipinski definition) is 7. The first-order valence-electron chi connectivity index (χ1n) is 13.0. The average Bonchev–Trinajstić information content (AvgIpc) is 2.90. The highest BCUT2D eigenvalue weighted by atomic mass is 16.5. The number of ether oxygens (including phenoxy) is 3. The van der Waals surface area contributed by atoms with Crippen LogP contribution in [0.15, 0.2) is 61.2 Å². The average molecular weight is 507 g/mol. The third-order valence-electron chi connectivity index (χ3n) is 6.46. The Labute approximate surface area is 219 Å². The van der Waals surface area contributed by atoms with E-state index in [1.54, 1.807) is 48.5 Å². The molecule has 198 valence electrons. The lowest BCUT2D eigenvalue weighted by Crippen LogP contribution is -2.29. The van der Waals surface area contributed by atoms with Crippen LogP contribution in [0.5, 0.6) is 5.75 Å². The fourth-order valence-corrected chi connectivity index (χ4v) is 4.24. The predicted molar refractivity (Wildman–Crippen MR) is 147 cm³/mol. The van der Waals surface area contributed by atoms with Crippen LogP contribution in [-0.2, 0) is 25.7 Å². The zero-order chi connectivity index (χ0) is 26.5. The maximum Gasteiger partial charge on any atom is 0.331 e. The van der Waals surface area contributed by atoms with Crippen molar-refractivity contribution in [2.24, 2.45) is 5.92 Å². The highest BCUT2D eigenvalue weighted by Gasteiger charge is 2.28. The van der Waals surface area contributed by atoms with E-state index in [0.717, 1.165) is 63.5 Å². The molecule has 2 aromatic rings. The Morgan fingerprint density at radius 3 is 2.43 bits per heavy atom. The fraction of sp³-hybridized carbons (Fsp3) is 0.400. The molecule has 7 heteroatoms. The molecular formula is C30H38N2O5. The summed E-state index contributed by atoms with van der Waals surface area (Å²) in [7, 11) is 0. The Morgan fingerprint density at radius 2 is 1.73 bits per heavy atom. The molecule has 0 atom stereocenters. The van der Waals surface area contributed by atoms with Gasteiger partial charge in [0, 0.05) is 29.6 Å². The van der Waals surface area contributed by atoms with E-state index < -0.39 is 5.97 Å². The van der Waals surface area contributed by atoms with Gasteiger partial charge in [0.2, 0.25) is 0 Å². The number of unbranched alkanes of at least 4 members (excludes halogenated alkanes) is 3. The van der Waals surface area contributed by atoms with Crippen LogP contribution in [0.3, 0.4) is 0 Å². The van der Waals surface area contributed by atoms with Crippen molar-refractivity contribution in [1.82, 2.24) is 0 Å². The van der Waals surface area contributed by atoms with Gasteiger partial charge >= 0.3 is 11.9 Å². The number of carbonyl (C=O) groups excluding carboxylic acids is 2. The summed E-state index contributed by atoms with van der Waals surface area (Å²) in [6.45, 7) is 4.59. The van der Waals surface area contributed by atoms with E-state index in [2.05, 4.69) is 6.58 Å². The molecule has 1 aliphatic carbocycles. The molecule has 2 aromatic carbocycles. The van der Waals surface area contributed by atoms with Crippen LogP contribution in [0.1, 0.15) is 62.5 Å². The van der Waals surface area contributed by atoms with E-state index in [1.165, 1.54) is 6.08 Å². The summed E-state index contributed by atoms with van der Waals surface area (Å²) in [5.74, 6) is -0.297.